The van der Waals surface area contributed by atoms with Crippen LogP contribution in [-0.4, -0.2) is 126 Å². The van der Waals surface area contributed by atoms with Gasteiger partial charge in [-0.1, -0.05) is 45.4 Å². The third-order valence-electron chi connectivity index (χ3n) is 10.8. The third-order valence-corrected chi connectivity index (χ3v) is 10.8. The van der Waals surface area contributed by atoms with Crippen LogP contribution in [0, 0.1) is 29.5 Å². The summed E-state index contributed by atoms with van der Waals surface area (Å²) in [4.78, 5) is 60.5. The lowest BCUT2D eigenvalue weighted by molar-refractivity contribution is -0.140. The maximum atomic E-state index is 15.1. The molecule has 7 atom stereocenters. The number of piperazine rings is 2. The molecule has 4 rings (SSSR count). The van der Waals surface area contributed by atoms with Crippen molar-refractivity contribution in [2.45, 2.75) is 78.6 Å². The summed E-state index contributed by atoms with van der Waals surface area (Å²) in [5.41, 5.74) is 1.72. The quantitative estimate of drug-likeness (QED) is 0.316. The number of aliphatic hydroxyl groups is 2. The topological polar surface area (TPSA) is 131 Å². The number of ether oxygens (including phenoxy) is 1. The highest BCUT2D eigenvalue weighted by Gasteiger charge is 2.34. The molecule has 0 bridgehead atoms. The number of amides is 2. The molecular formula is C39H57FN4O7. The van der Waals surface area contributed by atoms with Gasteiger partial charge in [0.25, 0.3) is 0 Å². The minimum Gasteiger partial charge on any atom is -0.442 e. The van der Waals surface area contributed by atoms with Gasteiger partial charge in [0.2, 0.25) is 17.5 Å². The number of likely N-dealkylation sites (N-methyl/N-ethyl adjacent to an activating group) is 1. The zero-order valence-corrected chi connectivity index (χ0v) is 31.1. The molecule has 3 aliphatic rings. The van der Waals surface area contributed by atoms with Crippen molar-refractivity contribution in [3.05, 3.63) is 47.3 Å². The van der Waals surface area contributed by atoms with Crippen molar-refractivity contribution >= 4 is 35.3 Å². The molecule has 2 N–H and O–H groups in total. The first-order chi connectivity index (χ1) is 24.2. The SMILES string of the molecule is CC[C@@H](O)[C@@H](C)C(=O)N1CCN(c2cc(F)cc(/C=C(\C)[C@H]3C(=O)C(=O)C[C@@H](O)CC[C@@H](C)[C@@H](OC(=O)N4CCN(C)CC4)/C=C/[C@@H]3C)c2)CC1. The van der Waals surface area contributed by atoms with Crippen molar-refractivity contribution in [2.24, 2.45) is 23.7 Å². The number of benzene rings is 1. The van der Waals surface area contributed by atoms with Crippen molar-refractivity contribution in [3.63, 3.8) is 0 Å². The molecule has 1 aromatic carbocycles. The van der Waals surface area contributed by atoms with E-state index < -0.39 is 59.5 Å². The molecule has 2 aliphatic heterocycles. The van der Waals surface area contributed by atoms with E-state index in [1.807, 2.05) is 44.9 Å². The summed E-state index contributed by atoms with van der Waals surface area (Å²) in [5.74, 6) is -3.82. The Morgan fingerprint density at radius 3 is 2.27 bits per heavy atom. The van der Waals surface area contributed by atoms with Gasteiger partial charge in [0.1, 0.15) is 11.9 Å². The Labute approximate surface area is 302 Å². The molecule has 1 aromatic rings. The fourth-order valence-corrected chi connectivity index (χ4v) is 7.20. The number of carbonyl (C=O) groups excluding carboxylic acids is 4. The lowest BCUT2D eigenvalue weighted by Crippen LogP contribution is -2.51. The van der Waals surface area contributed by atoms with Gasteiger partial charge in [-0.15, -0.1) is 0 Å². The second-order valence-electron chi connectivity index (χ2n) is 14.8. The Morgan fingerprint density at radius 2 is 1.63 bits per heavy atom. The molecule has 0 unspecified atom stereocenters. The Bertz CT molecular complexity index is 1450. The molecule has 51 heavy (non-hydrogen) atoms. The van der Waals surface area contributed by atoms with E-state index in [0.29, 0.717) is 68.9 Å². The van der Waals surface area contributed by atoms with E-state index >= 15 is 4.39 Å². The van der Waals surface area contributed by atoms with Crippen LogP contribution < -0.4 is 4.90 Å². The fraction of sp³-hybridized carbons (Fsp3) is 0.641. The molecule has 0 radical (unpaired) electrons. The van der Waals surface area contributed by atoms with Gasteiger partial charge in [0.15, 0.2) is 0 Å². The summed E-state index contributed by atoms with van der Waals surface area (Å²) < 4.78 is 21.0. The molecule has 12 heteroatoms. The number of anilines is 1. The zero-order chi connectivity index (χ0) is 37.4. The lowest BCUT2D eigenvalue weighted by Gasteiger charge is -2.37. The van der Waals surface area contributed by atoms with Crippen molar-refractivity contribution < 1.29 is 38.5 Å². The maximum Gasteiger partial charge on any atom is 0.410 e. The molecule has 0 spiro atoms. The number of hydrogen-bond acceptors (Lipinski definition) is 9. The number of allylic oxidation sites excluding steroid dienone is 2. The minimum atomic E-state index is -1.01. The van der Waals surface area contributed by atoms with Crippen molar-refractivity contribution in [1.82, 2.24) is 14.7 Å². The average molecular weight is 713 g/mol. The van der Waals surface area contributed by atoms with E-state index in [1.165, 1.54) is 12.1 Å². The van der Waals surface area contributed by atoms with Crippen LogP contribution >= 0.6 is 0 Å². The molecule has 2 amide bonds. The second-order valence-corrected chi connectivity index (χ2v) is 14.8. The van der Waals surface area contributed by atoms with E-state index in [-0.39, 0.29) is 24.7 Å². The average Bonchev–Trinajstić information content (AvgIpc) is 3.10. The highest BCUT2D eigenvalue weighted by Crippen LogP contribution is 2.30. The van der Waals surface area contributed by atoms with Crippen LogP contribution in [0.4, 0.5) is 14.9 Å². The molecule has 0 aromatic heterocycles. The molecule has 2 saturated heterocycles. The Balaban J connectivity index is 1.55. The van der Waals surface area contributed by atoms with Crippen LogP contribution in [-0.2, 0) is 19.1 Å². The number of rotatable bonds is 7. The number of halogens is 1. The van der Waals surface area contributed by atoms with E-state index in [4.69, 9.17) is 4.74 Å². The van der Waals surface area contributed by atoms with E-state index in [0.717, 1.165) is 13.1 Å². The molecule has 2 fully saturated rings. The smallest absolute Gasteiger partial charge is 0.410 e. The van der Waals surface area contributed by atoms with E-state index in [9.17, 15) is 29.4 Å². The van der Waals surface area contributed by atoms with E-state index in [1.54, 1.807) is 35.8 Å². The third kappa shape index (κ3) is 10.7. The predicted octanol–water partition coefficient (Wildman–Crippen LogP) is 4.16. The van der Waals surface area contributed by atoms with Gasteiger partial charge in [-0.05, 0) is 74.9 Å². The molecule has 11 nitrogen and oxygen atoms in total. The lowest BCUT2D eigenvalue weighted by atomic mass is 9.80. The monoisotopic (exact) mass is 712 g/mol. The first-order valence-corrected chi connectivity index (χ1v) is 18.5. The molecule has 0 saturated carbocycles. The highest BCUT2D eigenvalue weighted by molar-refractivity contribution is 6.38. The molecule has 2 heterocycles. The van der Waals surface area contributed by atoms with Crippen LogP contribution in [0.2, 0.25) is 0 Å². The summed E-state index contributed by atoms with van der Waals surface area (Å²) in [6, 6.07) is 4.65. The van der Waals surface area contributed by atoms with Crippen LogP contribution in [0.1, 0.15) is 65.9 Å². The second kappa shape index (κ2) is 18.2. The van der Waals surface area contributed by atoms with Crippen LogP contribution in [0.3, 0.4) is 0 Å². The molecule has 1 aliphatic carbocycles. The summed E-state index contributed by atoms with van der Waals surface area (Å²) in [5, 5.41) is 20.9. The minimum absolute atomic E-state index is 0.0941. The normalized spacial score (nSPS) is 28.1. The number of aliphatic hydroxyl groups excluding tert-OH is 2. The summed E-state index contributed by atoms with van der Waals surface area (Å²) >= 11 is 0. The zero-order valence-electron chi connectivity index (χ0n) is 31.1. The number of ketones is 2. The number of carbonyl (C=O) groups is 4. The van der Waals surface area contributed by atoms with Gasteiger partial charge in [-0.25, -0.2) is 9.18 Å². The molecule has 282 valence electrons. The molecular weight excluding hydrogens is 655 g/mol. The van der Waals surface area contributed by atoms with Gasteiger partial charge in [-0.2, -0.15) is 0 Å². The van der Waals surface area contributed by atoms with Crippen LogP contribution in [0.25, 0.3) is 6.08 Å². The summed E-state index contributed by atoms with van der Waals surface area (Å²) in [6.45, 7) is 13.6. The first-order valence-electron chi connectivity index (χ1n) is 18.5. The van der Waals surface area contributed by atoms with E-state index in [2.05, 4.69) is 4.90 Å². The summed E-state index contributed by atoms with van der Waals surface area (Å²) in [6.07, 6.45) is 3.61. The van der Waals surface area contributed by atoms with Crippen molar-refractivity contribution in [3.8, 4) is 0 Å². The standard InChI is InChI=1S/C39H57FN4O7/c1-7-33(46)28(5)38(49)43-18-16-42(17-19-43)31-22-29(21-30(40)23-31)20-27(4)36-26(3)9-11-35(51-39(50)44-14-12-41(6)13-15-44)25(2)8-10-32(45)24-34(47)37(36)48/h9,11,20-23,25-26,28,32-33,35-36,45-46H,7-8,10,12-19,24H2,1-6H3/b11-9+,27-20+/t25-,26+,28-,32+,33-,35+,36+/m1/s1. The number of hydrogen-bond donors (Lipinski definition) is 2. The van der Waals surface area contributed by atoms with Gasteiger partial charge >= 0.3 is 6.09 Å². The van der Waals surface area contributed by atoms with Gasteiger partial charge < -0.3 is 34.5 Å². The van der Waals surface area contributed by atoms with Gasteiger partial charge in [-0.3, -0.25) is 14.4 Å². The predicted molar refractivity (Wildman–Crippen MR) is 194 cm³/mol. The Morgan fingerprint density at radius 1 is 0.980 bits per heavy atom. The fourth-order valence-electron chi connectivity index (χ4n) is 7.20. The number of Topliss-reactive ketones (excluding diaryl/α,β-unsaturated/α-hetero) is 2. The first kappa shape index (κ1) is 40.2. The highest BCUT2D eigenvalue weighted by atomic mass is 19.1. The largest absolute Gasteiger partial charge is 0.442 e. The Hall–Kier alpha value is -3.61. The number of nitrogens with zero attached hydrogens (tertiary/aromatic N) is 4. The van der Waals surface area contributed by atoms with Crippen LogP contribution in [0.15, 0.2) is 35.9 Å². The maximum absolute atomic E-state index is 15.1. The van der Waals surface area contributed by atoms with Crippen LogP contribution in [0.5, 0.6) is 0 Å². The van der Waals surface area contributed by atoms with Gasteiger partial charge in [0, 0.05) is 64.5 Å². The van der Waals surface area contributed by atoms with Crippen molar-refractivity contribution in [1.29, 1.82) is 0 Å². The Kier molecular flexibility index (Phi) is 14.4. The summed E-state index contributed by atoms with van der Waals surface area (Å²) in [7, 11) is 2.01. The van der Waals surface area contributed by atoms with Crippen molar-refractivity contribution in [2.75, 3.05) is 64.3 Å². The van der Waals surface area contributed by atoms with Gasteiger partial charge in [0.05, 0.1) is 24.0 Å².